The minimum absolute atomic E-state index is 1.05. The van der Waals surface area contributed by atoms with Crippen molar-refractivity contribution in [2.45, 2.75) is 0 Å². The maximum atomic E-state index is 5.03. The van der Waals surface area contributed by atoms with Gasteiger partial charge < -0.3 is 4.90 Å². The summed E-state index contributed by atoms with van der Waals surface area (Å²) in [6.07, 6.45) is 0. The molecule has 0 aliphatic carbocycles. The minimum Gasteiger partial charge on any atom is -0.310 e. The van der Waals surface area contributed by atoms with Gasteiger partial charge in [-0.05, 0) is 99.1 Å². The van der Waals surface area contributed by atoms with Crippen molar-refractivity contribution >= 4 is 91.7 Å². The summed E-state index contributed by atoms with van der Waals surface area (Å²) in [7, 11) is 0. The van der Waals surface area contributed by atoms with Crippen LogP contribution in [0.4, 0.5) is 17.1 Å². The topological polar surface area (TPSA) is 16.1 Å². The zero-order valence-corrected chi connectivity index (χ0v) is 31.3. The fourth-order valence-corrected chi connectivity index (χ4v) is 10.2. The van der Waals surface area contributed by atoms with E-state index >= 15 is 0 Å². The standard InChI is InChI=1S/C51H32N2S2/c1-3-9-33(10-4-1)34-17-23-40(24-18-34)53(42-27-30-48-45(32-42)44-13-7-8-14-47(44)54-48)41-25-19-35(20-26-41)38-21-28-43-39(31-38)16-15-36-22-29-46-50(49(36)43)55-51(52-46)37-11-5-2-6-12-37/h1-32H. The van der Waals surface area contributed by atoms with Crippen LogP contribution in [0.1, 0.15) is 0 Å². The quantitative estimate of drug-likeness (QED) is 0.158. The maximum Gasteiger partial charge on any atom is 0.124 e. The summed E-state index contributed by atoms with van der Waals surface area (Å²) in [4.78, 5) is 7.41. The average Bonchev–Trinajstić information content (AvgIpc) is 3.87. The van der Waals surface area contributed by atoms with E-state index in [2.05, 4.69) is 199 Å². The second-order valence-corrected chi connectivity index (χ2v) is 16.1. The molecule has 0 saturated heterocycles. The maximum absolute atomic E-state index is 5.03. The van der Waals surface area contributed by atoms with Gasteiger partial charge in [-0.25, -0.2) is 4.98 Å². The lowest BCUT2D eigenvalue weighted by Crippen LogP contribution is -2.09. The molecule has 0 radical (unpaired) electrons. The van der Waals surface area contributed by atoms with E-state index in [1.807, 2.05) is 11.3 Å². The number of nitrogens with zero attached hydrogens (tertiary/aromatic N) is 2. The van der Waals surface area contributed by atoms with Crippen molar-refractivity contribution in [3.63, 3.8) is 0 Å². The number of benzene rings is 9. The van der Waals surface area contributed by atoms with Crippen LogP contribution in [0.25, 0.3) is 84.8 Å². The van der Waals surface area contributed by atoms with Crippen molar-refractivity contribution in [1.29, 1.82) is 0 Å². The highest BCUT2D eigenvalue weighted by atomic mass is 32.1. The molecular formula is C51H32N2S2. The number of fused-ring (bicyclic) bond motifs is 8. The predicted octanol–water partition coefficient (Wildman–Crippen LogP) is 15.4. The summed E-state index contributed by atoms with van der Waals surface area (Å²) in [5.74, 6) is 0. The summed E-state index contributed by atoms with van der Waals surface area (Å²) in [6.45, 7) is 0. The third-order valence-electron chi connectivity index (χ3n) is 10.7. The summed E-state index contributed by atoms with van der Waals surface area (Å²) in [5, 5.41) is 8.65. The van der Waals surface area contributed by atoms with Gasteiger partial charge in [0.2, 0.25) is 0 Å². The molecule has 0 N–H and O–H groups in total. The first-order valence-corrected chi connectivity index (χ1v) is 20.2. The molecule has 0 amide bonds. The van der Waals surface area contributed by atoms with Crippen molar-refractivity contribution in [3.8, 4) is 32.8 Å². The predicted molar refractivity (Wildman–Crippen MR) is 239 cm³/mol. The molecule has 2 nitrogen and oxygen atoms in total. The molecule has 55 heavy (non-hydrogen) atoms. The van der Waals surface area contributed by atoms with Crippen LogP contribution in [0.5, 0.6) is 0 Å². The van der Waals surface area contributed by atoms with E-state index in [-0.39, 0.29) is 0 Å². The van der Waals surface area contributed by atoms with Crippen LogP contribution in [0.2, 0.25) is 0 Å². The van der Waals surface area contributed by atoms with Crippen LogP contribution in [-0.4, -0.2) is 4.98 Å². The van der Waals surface area contributed by atoms with E-state index in [0.717, 1.165) is 33.1 Å². The normalized spacial score (nSPS) is 11.6. The Hall–Kier alpha value is -6.59. The fraction of sp³-hybridized carbons (Fsp3) is 0. The summed E-state index contributed by atoms with van der Waals surface area (Å²) >= 11 is 3.63. The van der Waals surface area contributed by atoms with Crippen LogP contribution in [-0.2, 0) is 0 Å². The summed E-state index contributed by atoms with van der Waals surface area (Å²) < 4.78 is 3.86. The summed E-state index contributed by atoms with van der Waals surface area (Å²) in [5.41, 5.74) is 10.4. The molecule has 0 fully saturated rings. The van der Waals surface area contributed by atoms with E-state index in [4.69, 9.17) is 4.98 Å². The Morgan fingerprint density at radius 2 is 0.945 bits per heavy atom. The minimum atomic E-state index is 1.05. The molecule has 11 aromatic rings. The first-order valence-electron chi connectivity index (χ1n) is 18.5. The number of aromatic nitrogens is 1. The highest BCUT2D eigenvalue weighted by Gasteiger charge is 2.17. The van der Waals surface area contributed by atoms with Crippen molar-refractivity contribution in [1.82, 2.24) is 4.98 Å². The Balaban J connectivity index is 0.988. The highest BCUT2D eigenvalue weighted by molar-refractivity contribution is 7.25. The molecule has 0 spiro atoms. The van der Waals surface area contributed by atoms with Gasteiger partial charge in [0, 0.05) is 48.2 Å². The molecule has 0 aliphatic rings. The number of rotatable bonds is 6. The zero-order chi connectivity index (χ0) is 36.3. The molecule has 0 aliphatic heterocycles. The van der Waals surface area contributed by atoms with Crippen LogP contribution in [0, 0.1) is 0 Å². The Bertz CT molecular complexity index is 3180. The molecule has 2 aromatic heterocycles. The van der Waals surface area contributed by atoms with Gasteiger partial charge >= 0.3 is 0 Å². The first-order chi connectivity index (χ1) is 27.2. The number of hydrogen-bond acceptors (Lipinski definition) is 4. The van der Waals surface area contributed by atoms with Crippen molar-refractivity contribution in [2.24, 2.45) is 0 Å². The Labute approximate surface area is 326 Å². The Morgan fingerprint density at radius 3 is 1.71 bits per heavy atom. The lowest BCUT2D eigenvalue weighted by atomic mass is 9.97. The molecule has 0 bridgehead atoms. The smallest absolute Gasteiger partial charge is 0.124 e. The molecule has 9 aromatic carbocycles. The second kappa shape index (κ2) is 13.1. The number of thiophene rings is 1. The Morgan fingerprint density at radius 1 is 0.364 bits per heavy atom. The van der Waals surface area contributed by atoms with Gasteiger partial charge in [0.15, 0.2) is 0 Å². The molecule has 11 rings (SSSR count). The Kier molecular flexibility index (Phi) is 7.58. The van der Waals surface area contributed by atoms with E-state index in [1.54, 1.807) is 11.3 Å². The summed E-state index contributed by atoms with van der Waals surface area (Å²) in [6, 6.07) is 70.4. The first kappa shape index (κ1) is 31.9. The molecule has 2 heterocycles. The SMILES string of the molecule is c1ccc(-c2ccc(N(c3ccc(-c4ccc5c(ccc6ccc7nc(-c8ccccc8)sc7c65)c4)cc3)c3ccc4sc5ccccc5c4c3)cc2)cc1. The van der Waals surface area contributed by atoms with E-state index in [9.17, 15) is 0 Å². The van der Waals surface area contributed by atoms with Crippen LogP contribution in [0.3, 0.4) is 0 Å². The van der Waals surface area contributed by atoms with E-state index < -0.39 is 0 Å². The molecular weight excluding hydrogens is 705 g/mol. The van der Waals surface area contributed by atoms with Gasteiger partial charge in [-0.2, -0.15) is 0 Å². The van der Waals surface area contributed by atoms with Gasteiger partial charge in [-0.1, -0.05) is 133 Å². The largest absolute Gasteiger partial charge is 0.310 e. The van der Waals surface area contributed by atoms with Crippen molar-refractivity contribution in [3.05, 3.63) is 194 Å². The van der Waals surface area contributed by atoms with Gasteiger partial charge in [-0.15, -0.1) is 22.7 Å². The monoisotopic (exact) mass is 736 g/mol. The van der Waals surface area contributed by atoms with Gasteiger partial charge in [-0.3, -0.25) is 0 Å². The van der Waals surface area contributed by atoms with Crippen LogP contribution >= 0.6 is 22.7 Å². The van der Waals surface area contributed by atoms with Crippen molar-refractivity contribution < 1.29 is 0 Å². The number of thiazole rings is 1. The molecule has 258 valence electrons. The number of hydrogen-bond donors (Lipinski definition) is 0. The van der Waals surface area contributed by atoms with Gasteiger partial charge in [0.1, 0.15) is 5.01 Å². The fourth-order valence-electron chi connectivity index (χ4n) is 7.95. The highest BCUT2D eigenvalue weighted by Crippen LogP contribution is 2.43. The van der Waals surface area contributed by atoms with E-state index in [1.165, 1.54) is 68.7 Å². The van der Waals surface area contributed by atoms with Gasteiger partial charge in [0.05, 0.1) is 10.2 Å². The molecule has 4 heteroatoms. The average molecular weight is 737 g/mol. The van der Waals surface area contributed by atoms with Crippen LogP contribution in [0.15, 0.2) is 194 Å². The van der Waals surface area contributed by atoms with Gasteiger partial charge in [0.25, 0.3) is 0 Å². The molecule has 0 saturated carbocycles. The zero-order valence-electron chi connectivity index (χ0n) is 29.7. The third kappa shape index (κ3) is 5.58. The lowest BCUT2D eigenvalue weighted by Gasteiger charge is -2.26. The van der Waals surface area contributed by atoms with Crippen molar-refractivity contribution in [2.75, 3.05) is 4.90 Å². The van der Waals surface area contributed by atoms with E-state index in [0.29, 0.717) is 0 Å². The van der Waals surface area contributed by atoms with Crippen LogP contribution < -0.4 is 4.90 Å². The number of anilines is 3. The molecule has 0 atom stereocenters. The third-order valence-corrected chi connectivity index (χ3v) is 13.0. The molecule has 0 unspecified atom stereocenters. The second-order valence-electron chi connectivity index (χ2n) is 14.0. The lowest BCUT2D eigenvalue weighted by molar-refractivity contribution is 1.29.